The maximum Gasteiger partial charge on any atom is 0.336 e. The summed E-state index contributed by atoms with van der Waals surface area (Å²) < 4.78 is 31.6. The summed E-state index contributed by atoms with van der Waals surface area (Å²) in [5.74, 6) is -1.44. The van der Waals surface area contributed by atoms with Gasteiger partial charge in [0.25, 0.3) is 0 Å². The maximum atomic E-state index is 10.5. The van der Waals surface area contributed by atoms with Crippen molar-refractivity contribution in [2.45, 2.75) is 32.6 Å². The summed E-state index contributed by atoms with van der Waals surface area (Å²) >= 11 is 0. The average molecular weight is 348 g/mol. The first-order valence-electron chi connectivity index (χ1n) is 7.30. The summed E-state index contributed by atoms with van der Waals surface area (Å²) in [5.41, 5.74) is -0.502. The van der Waals surface area contributed by atoms with Crippen LogP contribution >= 0.6 is 7.26 Å². The summed E-state index contributed by atoms with van der Waals surface area (Å²) in [6.45, 7) is 9.41. The molecule has 0 aliphatic carbocycles. The average Bonchev–Trinajstić information content (AvgIpc) is 2.50. The molecule has 1 aromatic rings. The normalized spacial score (nSPS) is 11.5. The lowest BCUT2D eigenvalue weighted by Crippen LogP contribution is -2.07. The Morgan fingerprint density at radius 3 is 1.68 bits per heavy atom. The lowest BCUT2D eigenvalue weighted by molar-refractivity contribution is 0.0692. The molecule has 0 atom stereocenters. The maximum absolute atomic E-state index is 10.5. The first-order valence-corrected chi connectivity index (χ1v) is 11.2. The monoisotopic (exact) mass is 348 g/mol. The fraction of sp³-hybridized carbons (Fsp3) is 0.533. The molecule has 0 fully saturated rings. The minimum atomic E-state index is -4.71. The van der Waals surface area contributed by atoms with E-state index in [4.69, 9.17) is 5.11 Å². The van der Waals surface area contributed by atoms with Crippen molar-refractivity contribution in [1.82, 2.24) is 0 Å². The Morgan fingerprint density at radius 2 is 1.45 bits per heavy atom. The van der Waals surface area contributed by atoms with E-state index in [0.717, 1.165) is 12.1 Å². The number of rotatable bonds is 6. The minimum Gasteiger partial charge on any atom is -0.744 e. The molecule has 0 unspecified atom stereocenters. The van der Waals surface area contributed by atoms with E-state index in [1.54, 1.807) is 0 Å². The van der Waals surface area contributed by atoms with E-state index < -0.39 is 33.8 Å². The zero-order valence-corrected chi connectivity index (χ0v) is 15.3. The van der Waals surface area contributed by atoms with Crippen molar-refractivity contribution in [1.29, 1.82) is 0 Å². The Bertz CT molecular complexity index is 562. The van der Waals surface area contributed by atoms with Gasteiger partial charge in [0.1, 0.15) is 10.1 Å². The van der Waals surface area contributed by atoms with E-state index in [1.165, 1.54) is 36.8 Å². The molecular weight excluding hydrogens is 323 g/mol. The Morgan fingerprint density at radius 1 is 1.05 bits per heavy atom. The molecule has 0 aliphatic rings. The number of benzene rings is 1. The molecule has 1 aromatic carbocycles. The van der Waals surface area contributed by atoms with E-state index in [9.17, 15) is 17.8 Å². The van der Waals surface area contributed by atoms with Gasteiger partial charge in [0.05, 0.1) is 35.1 Å². The molecule has 22 heavy (non-hydrogen) atoms. The van der Waals surface area contributed by atoms with E-state index in [1.807, 2.05) is 0 Å². The van der Waals surface area contributed by atoms with Crippen LogP contribution in [0.4, 0.5) is 0 Å². The molecule has 0 radical (unpaired) electrons. The van der Waals surface area contributed by atoms with Crippen LogP contribution in [0.2, 0.25) is 0 Å². The van der Waals surface area contributed by atoms with Gasteiger partial charge in [-0.25, -0.2) is 13.2 Å². The second kappa shape index (κ2) is 9.23. The summed E-state index contributed by atoms with van der Waals surface area (Å²) in [6, 6.07) is 4.66. The largest absolute Gasteiger partial charge is 0.744 e. The number of hydrogen-bond acceptors (Lipinski definition) is 4. The van der Waals surface area contributed by atoms with Crippen LogP contribution in [0.25, 0.3) is 0 Å². The van der Waals surface area contributed by atoms with Crippen molar-refractivity contribution in [3.05, 3.63) is 29.8 Å². The van der Waals surface area contributed by atoms with Crippen molar-refractivity contribution in [3.63, 3.8) is 0 Å². The van der Waals surface area contributed by atoms with Crippen molar-refractivity contribution in [2.24, 2.45) is 0 Å². The number of hydrogen-bond donors (Lipinski definition) is 1. The SMILES string of the molecule is CC[P+](CC)(CC)CC.O=C(O)c1ccccc1S(=O)(=O)[O-]. The van der Waals surface area contributed by atoms with Crippen molar-refractivity contribution < 1.29 is 22.9 Å². The van der Waals surface area contributed by atoms with E-state index in [0.29, 0.717) is 0 Å². The zero-order valence-electron chi connectivity index (χ0n) is 13.6. The van der Waals surface area contributed by atoms with Gasteiger partial charge in [0.15, 0.2) is 0 Å². The first kappa shape index (κ1) is 21.0. The fourth-order valence-corrected chi connectivity index (χ4v) is 5.56. The van der Waals surface area contributed by atoms with Crippen LogP contribution in [0.5, 0.6) is 0 Å². The number of carboxylic acid groups (broad SMARTS) is 1. The van der Waals surface area contributed by atoms with Gasteiger partial charge in [-0.15, -0.1) is 0 Å². The third-order valence-corrected chi connectivity index (χ3v) is 10.3. The van der Waals surface area contributed by atoms with E-state index >= 15 is 0 Å². The highest BCUT2D eigenvalue weighted by Gasteiger charge is 2.27. The summed E-state index contributed by atoms with van der Waals surface area (Å²) in [7, 11) is -5.13. The highest BCUT2D eigenvalue weighted by Crippen LogP contribution is 2.57. The standard InChI is InChI=1S/C8H20P.C7H6O5S/c1-5-9(6-2,7-3)8-4;8-7(9)5-3-1-2-4-6(5)13(10,11)12/h5-8H2,1-4H3;1-4H,(H,8,9)(H,10,11,12)/q+1;/p-1. The second-order valence-corrected chi connectivity index (χ2v) is 11.4. The number of aromatic carboxylic acids is 1. The van der Waals surface area contributed by atoms with Crippen LogP contribution in [0.1, 0.15) is 38.1 Å². The molecule has 5 nitrogen and oxygen atoms in total. The Balaban J connectivity index is 0.000000433. The lowest BCUT2D eigenvalue weighted by Gasteiger charge is -2.20. The van der Waals surface area contributed by atoms with Gasteiger partial charge in [-0.3, -0.25) is 0 Å². The van der Waals surface area contributed by atoms with Crippen molar-refractivity contribution >= 4 is 23.3 Å². The summed E-state index contributed by atoms with van der Waals surface area (Å²) in [6.07, 6.45) is 5.82. The smallest absolute Gasteiger partial charge is 0.336 e. The molecule has 0 saturated carbocycles. The van der Waals surface area contributed by atoms with Gasteiger partial charge < -0.3 is 9.66 Å². The van der Waals surface area contributed by atoms with Gasteiger partial charge in [-0.1, -0.05) is 12.1 Å². The Hall–Kier alpha value is -0.970. The molecule has 0 spiro atoms. The molecule has 0 aromatic heterocycles. The molecule has 0 saturated heterocycles. The van der Waals surface area contributed by atoms with Crippen LogP contribution in [-0.2, 0) is 10.1 Å². The molecule has 0 heterocycles. The lowest BCUT2D eigenvalue weighted by atomic mass is 10.2. The van der Waals surface area contributed by atoms with Gasteiger partial charge >= 0.3 is 5.97 Å². The Labute approximate surface area is 133 Å². The zero-order chi connectivity index (χ0) is 17.4. The van der Waals surface area contributed by atoms with Crippen molar-refractivity contribution in [2.75, 3.05) is 24.6 Å². The number of carboxylic acids is 1. The van der Waals surface area contributed by atoms with E-state index in [-0.39, 0.29) is 0 Å². The molecule has 0 bridgehead atoms. The highest BCUT2D eigenvalue weighted by atomic mass is 32.2. The molecular formula is C15H25O5PS. The van der Waals surface area contributed by atoms with Gasteiger partial charge in [0.2, 0.25) is 0 Å². The van der Waals surface area contributed by atoms with Crippen LogP contribution in [0.15, 0.2) is 29.2 Å². The quantitative estimate of drug-likeness (QED) is 0.628. The van der Waals surface area contributed by atoms with Crippen molar-refractivity contribution in [3.8, 4) is 0 Å². The summed E-state index contributed by atoms with van der Waals surface area (Å²) in [4.78, 5) is 9.76. The minimum absolute atomic E-state index is 0.420. The van der Waals surface area contributed by atoms with Gasteiger partial charge in [-0.2, -0.15) is 0 Å². The third kappa shape index (κ3) is 6.03. The predicted octanol–water partition coefficient (Wildman–Crippen LogP) is 3.37. The van der Waals surface area contributed by atoms with Gasteiger partial charge in [-0.05, 0) is 39.8 Å². The molecule has 0 amide bonds. The fourth-order valence-electron chi connectivity index (χ4n) is 2.20. The van der Waals surface area contributed by atoms with E-state index in [2.05, 4.69) is 27.7 Å². The topological polar surface area (TPSA) is 94.5 Å². The van der Waals surface area contributed by atoms with Crippen LogP contribution in [0.3, 0.4) is 0 Å². The second-order valence-electron chi connectivity index (χ2n) is 4.86. The molecule has 1 rings (SSSR count). The molecule has 0 aliphatic heterocycles. The predicted molar refractivity (Wildman–Crippen MR) is 90.4 cm³/mol. The Kier molecular flexibility index (Phi) is 8.83. The highest BCUT2D eigenvalue weighted by molar-refractivity contribution is 7.85. The molecule has 1 N–H and O–H groups in total. The molecule has 7 heteroatoms. The van der Waals surface area contributed by atoms with Crippen LogP contribution in [0, 0.1) is 0 Å². The molecule has 126 valence electrons. The van der Waals surface area contributed by atoms with Crippen LogP contribution in [-0.4, -0.2) is 48.7 Å². The number of carbonyl (C=O) groups is 1. The van der Waals surface area contributed by atoms with Crippen LogP contribution < -0.4 is 0 Å². The summed E-state index contributed by atoms with van der Waals surface area (Å²) in [5, 5.41) is 8.53. The first-order chi connectivity index (χ1) is 10.2. The third-order valence-electron chi connectivity index (χ3n) is 4.07. The van der Waals surface area contributed by atoms with Gasteiger partial charge in [0, 0.05) is 7.26 Å².